The Balaban J connectivity index is 1.55. The van der Waals surface area contributed by atoms with Crippen LogP contribution in [0.2, 0.25) is 0 Å². The van der Waals surface area contributed by atoms with Crippen molar-refractivity contribution in [2.45, 2.75) is 63.9 Å². The van der Waals surface area contributed by atoms with Gasteiger partial charge in [-0.25, -0.2) is 14.4 Å². The number of carbonyl (C=O) groups excluding carboxylic acids is 1. The highest BCUT2D eigenvalue weighted by atomic mass is 16.6. The number of amides is 1. The smallest absolute Gasteiger partial charge is 0.410 e. The Hall–Kier alpha value is -2.85. The molecule has 0 bridgehead atoms. The topological polar surface area (TPSA) is 126 Å². The van der Waals surface area contributed by atoms with Crippen molar-refractivity contribution in [3.63, 3.8) is 0 Å². The van der Waals surface area contributed by atoms with E-state index in [1.165, 1.54) is 18.2 Å². The molecule has 188 valence electrons. The number of carboxylic acid groups (broad SMARTS) is 2. The maximum atomic E-state index is 12.3. The average Bonchev–Trinajstić information content (AvgIpc) is 2.72. The lowest BCUT2D eigenvalue weighted by Gasteiger charge is -2.39. The molecule has 2 saturated heterocycles. The van der Waals surface area contributed by atoms with Crippen LogP contribution < -0.4 is 4.74 Å². The quantitative estimate of drug-likeness (QED) is 0.634. The van der Waals surface area contributed by atoms with Crippen LogP contribution in [0.3, 0.4) is 0 Å². The van der Waals surface area contributed by atoms with Crippen molar-refractivity contribution in [3.05, 3.63) is 29.3 Å². The van der Waals surface area contributed by atoms with E-state index in [-0.39, 0.29) is 35.5 Å². The number of benzene rings is 1. The van der Waals surface area contributed by atoms with E-state index in [1.54, 1.807) is 4.90 Å². The van der Waals surface area contributed by atoms with Crippen LogP contribution in [-0.2, 0) is 9.47 Å². The van der Waals surface area contributed by atoms with E-state index >= 15 is 0 Å². The van der Waals surface area contributed by atoms with Crippen molar-refractivity contribution in [2.75, 3.05) is 33.2 Å². The van der Waals surface area contributed by atoms with Crippen molar-refractivity contribution in [2.24, 2.45) is 0 Å². The van der Waals surface area contributed by atoms with E-state index < -0.39 is 17.5 Å². The predicted octanol–water partition coefficient (Wildman–Crippen LogP) is 2.95. The molecule has 3 rings (SSSR count). The zero-order valence-corrected chi connectivity index (χ0v) is 20.2. The molecule has 2 atom stereocenters. The van der Waals surface area contributed by atoms with Crippen LogP contribution >= 0.6 is 0 Å². The summed E-state index contributed by atoms with van der Waals surface area (Å²) >= 11 is 0. The Kier molecular flexibility index (Phi) is 8.04. The standard InChI is InChI=1S/C24H34N2O8/c1-24(2,3)34-23(31)26-9-7-15(8-10-26)32-17-11-18(14-25(4)13-17)33-16-5-6-19(21(27)28)20(12-16)22(29)30/h5-6,12,15,17-18H,7-11,13-14H2,1-4H3,(H,27,28)(H,29,30)/t17-,18-/m1/s1. The zero-order valence-electron chi connectivity index (χ0n) is 20.2. The summed E-state index contributed by atoms with van der Waals surface area (Å²) < 4.78 is 17.8. The molecule has 0 saturated carbocycles. The number of nitrogens with zero attached hydrogens (tertiary/aromatic N) is 2. The number of rotatable bonds is 6. The third kappa shape index (κ3) is 7.07. The first kappa shape index (κ1) is 25.8. The molecule has 2 N–H and O–H groups in total. The lowest BCUT2D eigenvalue weighted by molar-refractivity contribution is -0.0863. The average molecular weight is 479 g/mol. The summed E-state index contributed by atoms with van der Waals surface area (Å²) in [7, 11) is 1.97. The van der Waals surface area contributed by atoms with E-state index in [9.17, 15) is 24.6 Å². The van der Waals surface area contributed by atoms with Crippen LogP contribution in [0.4, 0.5) is 4.79 Å². The second-order valence-corrected chi connectivity index (χ2v) is 9.94. The molecule has 0 aliphatic carbocycles. The van der Waals surface area contributed by atoms with E-state index in [2.05, 4.69) is 4.90 Å². The minimum Gasteiger partial charge on any atom is -0.489 e. The van der Waals surface area contributed by atoms with E-state index in [1.807, 2.05) is 27.8 Å². The van der Waals surface area contributed by atoms with Gasteiger partial charge >= 0.3 is 18.0 Å². The van der Waals surface area contributed by atoms with Gasteiger partial charge in [0.05, 0.1) is 23.3 Å². The van der Waals surface area contributed by atoms with E-state index in [0.29, 0.717) is 31.8 Å². The van der Waals surface area contributed by atoms with Crippen molar-refractivity contribution < 1.29 is 38.8 Å². The third-order valence-electron chi connectivity index (χ3n) is 5.79. The lowest BCUT2D eigenvalue weighted by Crippen LogP contribution is -2.49. The van der Waals surface area contributed by atoms with Gasteiger partial charge in [-0.3, -0.25) is 0 Å². The molecule has 2 fully saturated rings. The van der Waals surface area contributed by atoms with E-state index in [4.69, 9.17) is 14.2 Å². The Morgan fingerprint density at radius 1 is 0.941 bits per heavy atom. The molecule has 0 spiro atoms. The Bertz CT molecular complexity index is 905. The molecule has 1 aromatic carbocycles. The highest BCUT2D eigenvalue weighted by molar-refractivity contribution is 6.02. The Morgan fingerprint density at radius 3 is 2.15 bits per heavy atom. The van der Waals surface area contributed by atoms with Gasteiger partial charge in [0.2, 0.25) is 0 Å². The number of hydrogen-bond donors (Lipinski definition) is 2. The molecule has 2 heterocycles. The van der Waals surface area contributed by atoms with Gasteiger partial charge in [0.15, 0.2) is 0 Å². The molecular formula is C24H34N2O8. The van der Waals surface area contributed by atoms with Crippen molar-refractivity contribution >= 4 is 18.0 Å². The summed E-state index contributed by atoms with van der Waals surface area (Å²) in [5.41, 5.74) is -1.11. The van der Waals surface area contributed by atoms with Crippen molar-refractivity contribution in [1.82, 2.24) is 9.80 Å². The first-order valence-electron chi connectivity index (χ1n) is 11.5. The highest BCUT2D eigenvalue weighted by Crippen LogP contribution is 2.25. The summed E-state index contributed by atoms with van der Waals surface area (Å²) in [6, 6.07) is 3.98. The summed E-state index contributed by atoms with van der Waals surface area (Å²) in [6.45, 7) is 8.09. The predicted molar refractivity (Wildman–Crippen MR) is 123 cm³/mol. The molecule has 1 aromatic rings. The SMILES string of the molecule is CN1C[C@H](Oc2ccc(C(=O)O)c(C(=O)O)c2)C[C@@H](OC2CCN(C(=O)OC(C)(C)C)CC2)C1. The second kappa shape index (κ2) is 10.6. The van der Waals surface area contributed by atoms with Crippen LogP contribution in [-0.4, -0.2) is 95.2 Å². The molecule has 10 heteroatoms. The minimum atomic E-state index is -1.32. The maximum Gasteiger partial charge on any atom is 0.410 e. The van der Waals surface area contributed by atoms with Crippen LogP contribution in [0.5, 0.6) is 5.75 Å². The fraction of sp³-hybridized carbons (Fsp3) is 0.625. The number of ether oxygens (including phenoxy) is 3. The first-order valence-corrected chi connectivity index (χ1v) is 11.5. The largest absolute Gasteiger partial charge is 0.489 e. The fourth-order valence-corrected chi connectivity index (χ4v) is 4.32. The molecule has 0 aromatic heterocycles. The number of likely N-dealkylation sites (N-methyl/N-ethyl adjacent to an activating group) is 1. The molecule has 0 unspecified atom stereocenters. The van der Waals surface area contributed by atoms with Crippen molar-refractivity contribution in [1.29, 1.82) is 0 Å². The normalized spacial score (nSPS) is 22.3. The molecule has 34 heavy (non-hydrogen) atoms. The number of likely N-dealkylation sites (tertiary alicyclic amines) is 2. The monoisotopic (exact) mass is 478 g/mol. The first-order chi connectivity index (χ1) is 15.9. The molecule has 10 nitrogen and oxygen atoms in total. The summed E-state index contributed by atoms with van der Waals surface area (Å²) in [5, 5.41) is 18.5. The molecule has 2 aliphatic rings. The lowest BCUT2D eigenvalue weighted by atomic mass is 10.0. The number of piperidine rings is 2. The van der Waals surface area contributed by atoms with Gasteiger partial charge in [0.1, 0.15) is 17.5 Å². The Labute approximate surface area is 199 Å². The number of hydrogen-bond acceptors (Lipinski definition) is 7. The van der Waals surface area contributed by atoms with Crippen LogP contribution in [0.1, 0.15) is 60.7 Å². The summed E-state index contributed by atoms with van der Waals surface area (Å²) in [5.74, 6) is -2.30. The highest BCUT2D eigenvalue weighted by Gasteiger charge is 2.32. The van der Waals surface area contributed by atoms with Gasteiger partial charge < -0.3 is 34.2 Å². The third-order valence-corrected chi connectivity index (χ3v) is 5.79. The van der Waals surface area contributed by atoms with Crippen molar-refractivity contribution in [3.8, 4) is 5.75 Å². The summed E-state index contributed by atoms with van der Waals surface area (Å²) in [4.78, 5) is 38.8. The van der Waals surface area contributed by atoms with Crippen LogP contribution in [0.15, 0.2) is 18.2 Å². The van der Waals surface area contributed by atoms with Gasteiger partial charge in [0, 0.05) is 32.6 Å². The number of aromatic carboxylic acids is 2. The van der Waals surface area contributed by atoms with Crippen LogP contribution in [0, 0.1) is 0 Å². The Morgan fingerprint density at radius 2 is 1.56 bits per heavy atom. The van der Waals surface area contributed by atoms with E-state index in [0.717, 1.165) is 19.4 Å². The van der Waals surface area contributed by atoms with Gasteiger partial charge in [-0.15, -0.1) is 0 Å². The maximum absolute atomic E-state index is 12.3. The molecular weight excluding hydrogens is 444 g/mol. The van der Waals surface area contributed by atoms with Gasteiger partial charge in [-0.1, -0.05) is 0 Å². The van der Waals surface area contributed by atoms with Gasteiger partial charge in [0.25, 0.3) is 0 Å². The number of carbonyl (C=O) groups is 3. The summed E-state index contributed by atoms with van der Waals surface area (Å²) in [6.07, 6.45) is 1.50. The minimum absolute atomic E-state index is 0.0318. The zero-order chi connectivity index (χ0) is 25.0. The molecule has 0 radical (unpaired) electrons. The van der Waals surface area contributed by atoms with Gasteiger partial charge in [-0.2, -0.15) is 0 Å². The molecule has 1 amide bonds. The molecule has 2 aliphatic heterocycles. The number of carboxylic acids is 2. The van der Waals surface area contributed by atoms with Crippen LogP contribution in [0.25, 0.3) is 0 Å². The van der Waals surface area contributed by atoms with Gasteiger partial charge in [-0.05, 0) is 58.9 Å². The second-order valence-electron chi connectivity index (χ2n) is 9.94. The fourth-order valence-electron chi connectivity index (χ4n) is 4.32.